The molecule has 0 aliphatic heterocycles. The third kappa shape index (κ3) is 3.10. The molecule has 7 heteroatoms. The average Bonchev–Trinajstić information content (AvgIpc) is 2.51. The lowest BCUT2D eigenvalue weighted by Crippen LogP contribution is -2.13. The molecule has 0 aliphatic rings. The minimum Gasteiger partial charge on any atom is -0.320 e. The number of amides is 1. The molecule has 0 bridgehead atoms. The first-order chi connectivity index (χ1) is 11.0. The van der Waals surface area contributed by atoms with Gasteiger partial charge >= 0.3 is 0 Å². The number of carbonyl (C=O) groups excluding carboxylic acids is 1. The highest BCUT2D eigenvalue weighted by Gasteiger charge is 2.16. The zero-order valence-corrected chi connectivity index (χ0v) is 14.4. The van der Waals surface area contributed by atoms with Gasteiger partial charge in [0, 0.05) is 11.6 Å². The number of carbonyl (C=O) groups is 1. The molecular formula is C16H8Cl4N2O. The van der Waals surface area contributed by atoms with Gasteiger partial charge in [-0.3, -0.25) is 9.78 Å². The van der Waals surface area contributed by atoms with Crippen LogP contribution in [0.4, 0.5) is 5.69 Å². The highest BCUT2D eigenvalue weighted by atomic mass is 35.5. The summed E-state index contributed by atoms with van der Waals surface area (Å²) in [6, 6.07) is 10.1. The lowest BCUT2D eigenvalue weighted by Gasteiger charge is -2.11. The molecule has 0 fully saturated rings. The quantitative estimate of drug-likeness (QED) is 0.578. The van der Waals surface area contributed by atoms with Crippen LogP contribution in [0, 0.1) is 0 Å². The lowest BCUT2D eigenvalue weighted by atomic mass is 10.1. The van der Waals surface area contributed by atoms with Crippen molar-refractivity contribution in [1.29, 1.82) is 0 Å². The van der Waals surface area contributed by atoms with Crippen LogP contribution in [0.5, 0.6) is 0 Å². The number of hydrogen-bond donors (Lipinski definition) is 1. The number of aromatic nitrogens is 1. The predicted molar refractivity (Wildman–Crippen MR) is 96.2 cm³/mol. The standard InChI is InChI=1S/C16H8Cl4N2O/c17-9-4-2-5-10(18)13(9)16(23)22-12-6-1-3-8-14(20)11(19)7-21-15(8)12/h1-7H,(H,22,23). The van der Waals surface area contributed by atoms with Crippen LogP contribution in [0.25, 0.3) is 10.9 Å². The number of hydrogen-bond acceptors (Lipinski definition) is 2. The number of nitrogens with zero attached hydrogens (tertiary/aromatic N) is 1. The molecule has 1 heterocycles. The van der Waals surface area contributed by atoms with Gasteiger partial charge in [0.05, 0.1) is 36.9 Å². The fourth-order valence-electron chi connectivity index (χ4n) is 2.17. The maximum Gasteiger partial charge on any atom is 0.258 e. The summed E-state index contributed by atoms with van der Waals surface area (Å²) in [5.41, 5.74) is 1.22. The van der Waals surface area contributed by atoms with Gasteiger partial charge in [-0.25, -0.2) is 0 Å². The summed E-state index contributed by atoms with van der Waals surface area (Å²) in [5, 5.41) is 4.66. The molecular weight excluding hydrogens is 378 g/mol. The van der Waals surface area contributed by atoms with Crippen molar-refractivity contribution in [1.82, 2.24) is 4.98 Å². The van der Waals surface area contributed by atoms with E-state index in [9.17, 15) is 4.79 Å². The van der Waals surface area contributed by atoms with E-state index in [1.54, 1.807) is 36.4 Å². The number of nitrogens with one attached hydrogen (secondary N) is 1. The molecule has 3 aromatic rings. The Bertz CT molecular complexity index is 907. The maximum absolute atomic E-state index is 12.5. The third-order valence-corrected chi connectivity index (χ3v) is 4.65. The molecule has 1 amide bonds. The van der Waals surface area contributed by atoms with Crippen LogP contribution in [-0.4, -0.2) is 10.9 Å². The van der Waals surface area contributed by atoms with E-state index >= 15 is 0 Å². The second-order valence-electron chi connectivity index (χ2n) is 4.67. The highest BCUT2D eigenvalue weighted by molar-refractivity contribution is 6.45. The van der Waals surface area contributed by atoms with Gasteiger partial charge in [-0.15, -0.1) is 0 Å². The maximum atomic E-state index is 12.5. The van der Waals surface area contributed by atoms with Crippen molar-refractivity contribution in [2.75, 3.05) is 5.32 Å². The Morgan fingerprint density at radius 1 is 0.913 bits per heavy atom. The summed E-state index contributed by atoms with van der Waals surface area (Å²) >= 11 is 24.3. The number of benzene rings is 2. The molecule has 116 valence electrons. The smallest absolute Gasteiger partial charge is 0.258 e. The van der Waals surface area contributed by atoms with Gasteiger partial charge in [-0.05, 0) is 18.2 Å². The number of pyridine rings is 1. The van der Waals surface area contributed by atoms with Crippen molar-refractivity contribution in [3.05, 3.63) is 68.2 Å². The van der Waals surface area contributed by atoms with Crippen LogP contribution in [-0.2, 0) is 0 Å². The Balaban J connectivity index is 2.06. The van der Waals surface area contributed by atoms with Gasteiger partial charge in [0.2, 0.25) is 0 Å². The van der Waals surface area contributed by atoms with Gasteiger partial charge in [0.1, 0.15) is 0 Å². The van der Waals surface area contributed by atoms with E-state index in [1.165, 1.54) is 6.20 Å². The number of anilines is 1. The summed E-state index contributed by atoms with van der Waals surface area (Å²) < 4.78 is 0. The van der Waals surface area contributed by atoms with E-state index in [0.29, 0.717) is 26.6 Å². The number of rotatable bonds is 2. The van der Waals surface area contributed by atoms with Gasteiger partial charge < -0.3 is 5.32 Å². The fourth-order valence-corrected chi connectivity index (χ4v) is 3.09. The first-order valence-corrected chi connectivity index (χ1v) is 7.98. The minimum absolute atomic E-state index is 0.202. The molecule has 0 spiro atoms. The Kier molecular flexibility index (Phi) is 4.64. The van der Waals surface area contributed by atoms with Crippen LogP contribution in [0.3, 0.4) is 0 Å². The van der Waals surface area contributed by atoms with Gasteiger partial charge in [0.25, 0.3) is 5.91 Å². The van der Waals surface area contributed by atoms with E-state index in [4.69, 9.17) is 46.4 Å². The summed E-state index contributed by atoms with van der Waals surface area (Å²) in [6.45, 7) is 0. The monoisotopic (exact) mass is 384 g/mol. The van der Waals surface area contributed by atoms with Crippen LogP contribution in [0.1, 0.15) is 10.4 Å². The van der Waals surface area contributed by atoms with Crippen molar-refractivity contribution in [3.8, 4) is 0 Å². The van der Waals surface area contributed by atoms with E-state index in [0.717, 1.165) is 0 Å². The molecule has 3 nitrogen and oxygen atoms in total. The van der Waals surface area contributed by atoms with E-state index in [1.807, 2.05) is 0 Å². The van der Waals surface area contributed by atoms with Gasteiger partial charge in [0.15, 0.2) is 0 Å². The lowest BCUT2D eigenvalue weighted by molar-refractivity contribution is 0.102. The summed E-state index contributed by atoms with van der Waals surface area (Å²) in [4.78, 5) is 16.7. The molecule has 0 saturated heterocycles. The Morgan fingerprint density at radius 3 is 2.26 bits per heavy atom. The highest BCUT2D eigenvalue weighted by Crippen LogP contribution is 2.33. The van der Waals surface area contributed by atoms with Crippen molar-refractivity contribution in [3.63, 3.8) is 0 Å². The average molecular weight is 386 g/mol. The first-order valence-electron chi connectivity index (χ1n) is 6.47. The first kappa shape index (κ1) is 16.3. The van der Waals surface area contributed by atoms with Crippen LogP contribution < -0.4 is 5.32 Å². The van der Waals surface area contributed by atoms with Gasteiger partial charge in [-0.1, -0.05) is 64.6 Å². The number of fused-ring (bicyclic) bond motifs is 1. The minimum atomic E-state index is -0.430. The van der Waals surface area contributed by atoms with E-state index in [-0.39, 0.29) is 15.6 Å². The zero-order valence-electron chi connectivity index (χ0n) is 11.4. The molecule has 0 saturated carbocycles. The second kappa shape index (κ2) is 6.54. The van der Waals surface area contributed by atoms with E-state index < -0.39 is 5.91 Å². The van der Waals surface area contributed by atoms with E-state index in [2.05, 4.69) is 10.3 Å². The SMILES string of the molecule is O=C(Nc1cccc2c(Cl)c(Cl)cnc12)c1c(Cl)cccc1Cl. The zero-order chi connectivity index (χ0) is 16.6. The summed E-state index contributed by atoms with van der Waals surface area (Å²) in [7, 11) is 0. The number of halogens is 4. The largest absolute Gasteiger partial charge is 0.320 e. The van der Waals surface area contributed by atoms with Crippen LogP contribution in [0.15, 0.2) is 42.6 Å². The van der Waals surface area contributed by atoms with Crippen LogP contribution in [0.2, 0.25) is 20.1 Å². The van der Waals surface area contributed by atoms with Crippen molar-refractivity contribution >= 4 is 68.9 Å². The van der Waals surface area contributed by atoms with Crippen molar-refractivity contribution < 1.29 is 4.79 Å². The predicted octanol–water partition coefficient (Wildman–Crippen LogP) is 6.10. The van der Waals surface area contributed by atoms with Crippen molar-refractivity contribution in [2.45, 2.75) is 0 Å². The fraction of sp³-hybridized carbons (Fsp3) is 0. The number of para-hydroxylation sites is 1. The Labute approximate surface area is 152 Å². The molecule has 0 unspecified atom stereocenters. The summed E-state index contributed by atoms with van der Waals surface area (Å²) in [5.74, 6) is -0.430. The molecule has 0 aliphatic carbocycles. The third-order valence-electron chi connectivity index (χ3n) is 3.23. The molecule has 1 N–H and O–H groups in total. The second-order valence-corrected chi connectivity index (χ2v) is 6.27. The molecule has 2 aromatic carbocycles. The van der Waals surface area contributed by atoms with Crippen molar-refractivity contribution in [2.24, 2.45) is 0 Å². The molecule has 23 heavy (non-hydrogen) atoms. The topological polar surface area (TPSA) is 42.0 Å². The molecule has 1 aromatic heterocycles. The van der Waals surface area contributed by atoms with Crippen LogP contribution >= 0.6 is 46.4 Å². The Morgan fingerprint density at radius 2 is 1.57 bits per heavy atom. The normalized spacial score (nSPS) is 10.8. The summed E-state index contributed by atoms with van der Waals surface area (Å²) in [6.07, 6.45) is 1.43. The Hall–Kier alpha value is -1.52. The molecule has 0 atom stereocenters. The molecule has 3 rings (SSSR count). The molecule has 0 radical (unpaired) electrons. The van der Waals surface area contributed by atoms with Gasteiger partial charge in [-0.2, -0.15) is 0 Å².